The van der Waals surface area contributed by atoms with Crippen LogP contribution >= 0.6 is 0 Å². The van der Waals surface area contributed by atoms with E-state index in [-0.39, 0.29) is 6.04 Å². The highest BCUT2D eigenvalue weighted by Gasteiger charge is 2.26. The Morgan fingerprint density at radius 1 is 1.25 bits per heavy atom. The minimum atomic E-state index is 0.201. The van der Waals surface area contributed by atoms with Crippen molar-refractivity contribution in [2.24, 2.45) is 11.7 Å². The average molecular weight is 278 g/mol. The van der Waals surface area contributed by atoms with Crippen molar-refractivity contribution in [3.05, 3.63) is 23.8 Å². The van der Waals surface area contributed by atoms with Gasteiger partial charge in [-0.15, -0.1) is 0 Å². The van der Waals surface area contributed by atoms with Crippen LogP contribution in [0.15, 0.2) is 18.2 Å². The van der Waals surface area contributed by atoms with Crippen molar-refractivity contribution in [3.8, 4) is 11.5 Å². The molecule has 0 bridgehead atoms. The lowest BCUT2D eigenvalue weighted by Gasteiger charge is -2.37. The Morgan fingerprint density at radius 3 is 2.50 bits per heavy atom. The third kappa shape index (κ3) is 3.25. The second kappa shape index (κ2) is 6.95. The lowest BCUT2D eigenvalue weighted by atomic mass is 9.95. The van der Waals surface area contributed by atoms with Gasteiger partial charge in [-0.2, -0.15) is 0 Å². The van der Waals surface area contributed by atoms with Crippen molar-refractivity contribution >= 4 is 0 Å². The Kier molecular flexibility index (Phi) is 5.26. The molecule has 0 radical (unpaired) electrons. The van der Waals surface area contributed by atoms with Crippen LogP contribution in [0.25, 0.3) is 0 Å². The maximum absolute atomic E-state index is 6.05. The number of hydrogen-bond donors (Lipinski definition) is 1. The molecule has 4 nitrogen and oxygen atoms in total. The molecule has 1 fully saturated rings. The van der Waals surface area contributed by atoms with Gasteiger partial charge in [0.05, 0.1) is 20.3 Å². The first-order valence-corrected chi connectivity index (χ1v) is 7.35. The van der Waals surface area contributed by atoms with Crippen LogP contribution in [0.3, 0.4) is 0 Å². The standard InChI is InChI=1S/C16H26N2O2/c1-12-6-8-18(9-7-12)15(11-17)14-10-13(19-2)4-5-16(14)20-3/h4-5,10,12,15H,6-9,11,17H2,1-3H3/t15-/m1/s1. The van der Waals surface area contributed by atoms with E-state index in [4.69, 9.17) is 15.2 Å². The summed E-state index contributed by atoms with van der Waals surface area (Å²) in [4.78, 5) is 2.47. The van der Waals surface area contributed by atoms with Gasteiger partial charge in [0.15, 0.2) is 0 Å². The summed E-state index contributed by atoms with van der Waals surface area (Å²) in [5.41, 5.74) is 7.18. The third-order valence-electron chi connectivity index (χ3n) is 4.28. The monoisotopic (exact) mass is 278 g/mol. The van der Waals surface area contributed by atoms with E-state index in [1.807, 2.05) is 18.2 Å². The summed E-state index contributed by atoms with van der Waals surface area (Å²) in [6.45, 7) is 5.12. The van der Waals surface area contributed by atoms with E-state index < -0.39 is 0 Å². The van der Waals surface area contributed by atoms with Crippen LogP contribution < -0.4 is 15.2 Å². The van der Waals surface area contributed by atoms with Gasteiger partial charge < -0.3 is 15.2 Å². The smallest absolute Gasteiger partial charge is 0.123 e. The molecule has 1 aliphatic heterocycles. The molecule has 0 aliphatic carbocycles. The van der Waals surface area contributed by atoms with E-state index in [9.17, 15) is 0 Å². The van der Waals surface area contributed by atoms with Gasteiger partial charge in [0.25, 0.3) is 0 Å². The van der Waals surface area contributed by atoms with E-state index in [0.717, 1.165) is 36.1 Å². The molecule has 20 heavy (non-hydrogen) atoms. The van der Waals surface area contributed by atoms with Crippen LogP contribution in [0.2, 0.25) is 0 Å². The highest BCUT2D eigenvalue weighted by molar-refractivity contribution is 5.42. The van der Waals surface area contributed by atoms with Gasteiger partial charge >= 0.3 is 0 Å². The number of likely N-dealkylation sites (tertiary alicyclic amines) is 1. The first-order valence-electron chi connectivity index (χ1n) is 7.35. The zero-order chi connectivity index (χ0) is 14.5. The molecule has 112 valence electrons. The van der Waals surface area contributed by atoms with Crippen LogP contribution in [0, 0.1) is 5.92 Å². The molecule has 1 aliphatic rings. The summed E-state index contributed by atoms with van der Waals surface area (Å²) < 4.78 is 10.8. The van der Waals surface area contributed by atoms with E-state index in [2.05, 4.69) is 11.8 Å². The molecule has 0 saturated carbocycles. The van der Waals surface area contributed by atoms with Crippen LogP contribution in [-0.4, -0.2) is 38.8 Å². The highest BCUT2D eigenvalue weighted by atomic mass is 16.5. The van der Waals surface area contributed by atoms with Crippen LogP contribution in [0.1, 0.15) is 31.4 Å². The largest absolute Gasteiger partial charge is 0.497 e. The second-order valence-electron chi connectivity index (χ2n) is 5.58. The van der Waals surface area contributed by atoms with Gasteiger partial charge in [0.1, 0.15) is 11.5 Å². The van der Waals surface area contributed by atoms with Crippen molar-refractivity contribution in [3.63, 3.8) is 0 Å². The number of piperidine rings is 1. The highest BCUT2D eigenvalue weighted by Crippen LogP contribution is 2.34. The summed E-state index contributed by atoms with van der Waals surface area (Å²) in [5, 5.41) is 0. The topological polar surface area (TPSA) is 47.7 Å². The first kappa shape index (κ1) is 15.1. The van der Waals surface area contributed by atoms with Crippen molar-refractivity contribution in [1.82, 2.24) is 4.90 Å². The molecule has 1 heterocycles. The number of ether oxygens (including phenoxy) is 2. The van der Waals surface area contributed by atoms with E-state index in [1.165, 1.54) is 12.8 Å². The first-order chi connectivity index (χ1) is 9.69. The van der Waals surface area contributed by atoms with Crippen molar-refractivity contribution < 1.29 is 9.47 Å². The minimum absolute atomic E-state index is 0.201. The molecule has 0 aromatic heterocycles. The molecular weight excluding hydrogens is 252 g/mol. The van der Waals surface area contributed by atoms with Gasteiger partial charge in [-0.1, -0.05) is 6.92 Å². The maximum atomic E-state index is 6.05. The molecule has 0 amide bonds. The lowest BCUT2D eigenvalue weighted by molar-refractivity contribution is 0.139. The fourth-order valence-corrected chi connectivity index (χ4v) is 2.91. The molecule has 2 N–H and O–H groups in total. The zero-order valence-corrected chi connectivity index (χ0v) is 12.8. The van der Waals surface area contributed by atoms with Crippen LogP contribution in [0.4, 0.5) is 0 Å². The van der Waals surface area contributed by atoms with Crippen molar-refractivity contribution in [2.45, 2.75) is 25.8 Å². The van der Waals surface area contributed by atoms with Gasteiger partial charge in [0, 0.05) is 12.1 Å². The molecule has 2 rings (SSSR count). The zero-order valence-electron chi connectivity index (χ0n) is 12.8. The molecule has 1 atom stereocenters. The maximum Gasteiger partial charge on any atom is 0.123 e. The van der Waals surface area contributed by atoms with E-state index >= 15 is 0 Å². The fraction of sp³-hybridized carbons (Fsp3) is 0.625. The van der Waals surface area contributed by atoms with Gasteiger partial charge in [-0.25, -0.2) is 0 Å². The average Bonchev–Trinajstić information content (AvgIpc) is 2.49. The number of nitrogens with zero attached hydrogens (tertiary/aromatic N) is 1. The summed E-state index contributed by atoms with van der Waals surface area (Å²) in [5.74, 6) is 2.56. The summed E-state index contributed by atoms with van der Waals surface area (Å²) in [7, 11) is 3.39. The Morgan fingerprint density at radius 2 is 1.95 bits per heavy atom. The Bertz CT molecular complexity index is 428. The SMILES string of the molecule is COc1ccc(OC)c([C@@H](CN)N2CCC(C)CC2)c1. The summed E-state index contributed by atoms with van der Waals surface area (Å²) in [6.07, 6.45) is 2.48. The van der Waals surface area contributed by atoms with Gasteiger partial charge in [0.2, 0.25) is 0 Å². The number of methoxy groups -OCH3 is 2. The van der Waals surface area contributed by atoms with Crippen LogP contribution in [0.5, 0.6) is 11.5 Å². The Labute approximate surface area is 121 Å². The number of benzene rings is 1. The van der Waals surface area contributed by atoms with E-state index in [1.54, 1.807) is 14.2 Å². The minimum Gasteiger partial charge on any atom is -0.497 e. The number of rotatable bonds is 5. The quantitative estimate of drug-likeness (QED) is 0.898. The normalized spacial score (nSPS) is 18.8. The third-order valence-corrected chi connectivity index (χ3v) is 4.28. The molecule has 1 aromatic rings. The summed E-state index contributed by atoms with van der Waals surface area (Å²) >= 11 is 0. The van der Waals surface area contributed by atoms with Gasteiger partial charge in [-0.05, 0) is 50.0 Å². The fourth-order valence-electron chi connectivity index (χ4n) is 2.91. The van der Waals surface area contributed by atoms with Crippen LogP contribution in [-0.2, 0) is 0 Å². The molecule has 0 unspecified atom stereocenters. The second-order valence-corrected chi connectivity index (χ2v) is 5.58. The Balaban J connectivity index is 2.25. The van der Waals surface area contributed by atoms with Crippen molar-refractivity contribution in [1.29, 1.82) is 0 Å². The molecular formula is C16H26N2O2. The molecule has 0 spiro atoms. The van der Waals surface area contributed by atoms with Gasteiger partial charge in [-0.3, -0.25) is 4.90 Å². The number of hydrogen-bond acceptors (Lipinski definition) is 4. The van der Waals surface area contributed by atoms with Crippen molar-refractivity contribution in [2.75, 3.05) is 33.9 Å². The van der Waals surface area contributed by atoms with E-state index in [0.29, 0.717) is 6.54 Å². The number of nitrogens with two attached hydrogens (primary N) is 1. The molecule has 1 saturated heterocycles. The predicted octanol–water partition coefficient (Wildman–Crippen LogP) is 2.44. The Hall–Kier alpha value is -1.26. The lowest BCUT2D eigenvalue weighted by Crippen LogP contribution is -2.39. The molecule has 4 heteroatoms. The predicted molar refractivity (Wildman–Crippen MR) is 81.3 cm³/mol. The molecule has 1 aromatic carbocycles. The summed E-state index contributed by atoms with van der Waals surface area (Å²) in [6, 6.07) is 6.14.